The average molecular weight is 442 g/mol. The molecule has 2 N–H and O–H groups in total. The molecule has 2 aromatic rings. The van der Waals surface area contributed by atoms with E-state index in [1.165, 1.54) is 5.56 Å². The highest BCUT2D eigenvalue weighted by molar-refractivity contribution is 5.79. The van der Waals surface area contributed by atoms with E-state index >= 15 is 0 Å². The lowest BCUT2D eigenvalue weighted by Gasteiger charge is -2.33. The molecule has 1 atom stereocenters. The van der Waals surface area contributed by atoms with Crippen molar-refractivity contribution in [1.82, 2.24) is 30.3 Å². The first-order valence-electron chi connectivity index (χ1n) is 11.9. The molecule has 0 saturated carbocycles. The summed E-state index contributed by atoms with van der Waals surface area (Å²) in [6.45, 7) is 13.5. The second kappa shape index (κ2) is 13.2. The second-order valence-electron chi connectivity index (χ2n) is 8.72. The maximum atomic E-state index is 5.98. The van der Waals surface area contributed by atoms with Crippen molar-refractivity contribution in [1.29, 1.82) is 0 Å². The van der Waals surface area contributed by atoms with Gasteiger partial charge < -0.3 is 19.9 Å². The summed E-state index contributed by atoms with van der Waals surface area (Å²) in [7, 11) is 0. The zero-order valence-corrected chi connectivity index (χ0v) is 19.8. The van der Waals surface area contributed by atoms with Crippen LogP contribution < -0.4 is 10.6 Å². The third-order valence-electron chi connectivity index (χ3n) is 5.51. The Labute approximate surface area is 192 Å². The smallest absolute Gasteiger partial charge is 0.191 e. The number of morpholine rings is 1. The maximum Gasteiger partial charge on any atom is 0.191 e. The molecule has 1 unspecified atom stereocenters. The van der Waals surface area contributed by atoms with Crippen LogP contribution in [0.4, 0.5) is 0 Å². The van der Waals surface area contributed by atoms with Gasteiger partial charge in [-0.3, -0.25) is 9.89 Å². The van der Waals surface area contributed by atoms with Crippen LogP contribution in [0.2, 0.25) is 0 Å². The standard InChI is InChI=1S/C24H39N7O/c1-4-23-29-28-19-31(23)13-12-26-24(25-11-10-21-8-6-5-7-9-21)27-16-22-18-30(14-15-32-22)17-20(2)3/h5-9,19-20,22H,4,10-18H2,1-3H3,(H2,25,26,27). The molecule has 32 heavy (non-hydrogen) atoms. The van der Waals surface area contributed by atoms with E-state index in [1.54, 1.807) is 6.33 Å². The first-order chi connectivity index (χ1) is 15.6. The van der Waals surface area contributed by atoms with Crippen LogP contribution in [-0.4, -0.2) is 77.6 Å². The molecule has 1 aromatic heterocycles. The average Bonchev–Trinajstić information content (AvgIpc) is 3.25. The Balaban J connectivity index is 1.53. The van der Waals surface area contributed by atoms with Crippen molar-refractivity contribution in [3.05, 3.63) is 48.0 Å². The van der Waals surface area contributed by atoms with Crippen LogP contribution in [0.15, 0.2) is 41.7 Å². The molecule has 0 amide bonds. The van der Waals surface area contributed by atoms with Crippen LogP contribution >= 0.6 is 0 Å². The fourth-order valence-corrected chi connectivity index (χ4v) is 3.94. The summed E-state index contributed by atoms with van der Waals surface area (Å²) in [5, 5.41) is 15.1. The molecule has 1 aliphatic rings. The van der Waals surface area contributed by atoms with Gasteiger partial charge in [0.2, 0.25) is 0 Å². The Morgan fingerprint density at radius 2 is 2.03 bits per heavy atom. The summed E-state index contributed by atoms with van der Waals surface area (Å²) >= 11 is 0. The highest BCUT2D eigenvalue weighted by Crippen LogP contribution is 2.08. The molecule has 2 heterocycles. The zero-order chi connectivity index (χ0) is 22.6. The zero-order valence-electron chi connectivity index (χ0n) is 19.8. The maximum absolute atomic E-state index is 5.98. The minimum Gasteiger partial charge on any atom is -0.374 e. The molecule has 1 fully saturated rings. The van der Waals surface area contributed by atoms with Crippen molar-refractivity contribution in [2.45, 2.75) is 46.3 Å². The highest BCUT2D eigenvalue weighted by atomic mass is 16.5. The number of aromatic nitrogens is 3. The van der Waals surface area contributed by atoms with Gasteiger partial charge in [-0.15, -0.1) is 10.2 Å². The van der Waals surface area contributed by atoms with E-state index in [4.69, 9.17) is 9.73 Å². The Morgan fingerprint density at radius 3 is 2.81 bits per heavy atom. The van der Waals surface area contributed by atoms with Gasteiger partial charge in [-0.1, -0.05) is 51.1 Å². The molecular weight excluding hydrogens is 402 g/mol. The summed E-state index contributed by atoms with van der Waals surface area (Å²) in [6, 6.07) is 10.5. The van der Waals surface area contributed by atoms with E-state index in [0.717, 1.165) is 70.5 Å². The largest absolute Gasteiger partial charge is 0.374 e. The van der Waals surface area contributed by atoms with Crippen molar-refractivity contribution in [3.8, 4) is 0 Å². The Hall–Kier alpha value is -2.45. The predicted molar refractivity (Wildman–Crippen MR) is 129 cm³/mol. The number of hydrogen-bond acceptors (Lipinski definition) is 5. The van der Waals surface area contributed by atoms with Gasteiger partial charge in [0, 0.05) is 45.7 Å². The Kier molecular flexibility index (Phi) is 9.97. The normalized spacial score (nSPS) is 17.6. The lowest BCUT2D eigenvalue weighted by molar-refractivity contribution is -0.0261. The van der Waals surface area contributed by atoms with Crippen molar-refractivity contribution >= 4 is 5.96 Å². The van der Waals surface area contributed by atoms with E-state index in [0.29, 0.717) is 12.5 Å². The monoisotopic (exact) mass is 441 g/mol. The summed E-state index contributed by atoms with van der Waals surface area (Å²) in [4.78, 5) is 7.34. The third-order valence-corrected chi connectivity index (χ3v) is 5.51. The van der Waals surface area contributed by atoms with Gasteiger partial charge in [-0.25, -0.2) is 0 Å². The lowest BCUT2D eigenvalue weighted by Crippen LogP contribution is -2.46. The van der Waals surface area contributed by atoms with Crippen molar-refractivity contribution in [2.75, 3.05) is 45.9 Å². The van der Waals surface area contributed by atoms with Gasteiger partial charge >= 0.3 is 0 Å². The van der Waals surface area contributed by atoms with E-state index in [9.17, 15) is 0 Å². The van der Waals surface area contributed by atoms with Gasteiger partial charge in [0.1, 0.15) is 12.2 Å². The van der Waals surface area contributed by atoms with Crippen molar-refractivity contribution < 1.29 is 4.74 Å². The van der Waals surface area contributed by atoms with Crippen LogP contribution in [0.5, 0.6) is 0 Å². The minimum absolute atomic E-state index is 0.139. The van der Waals surface area contributed by atoms with Gasteiger partial charge in [0.15, 0.2) is 5.96 Å². The van der Waals surface area contributed by atoms with E-state index in [-0.39, 0.29) is 6.10 Å². The topological polar surface area (TPSA) is 79.6 Å². The molecule has 1 aliphatic heterocycles. The molecule has 8 heteroatoms. The number of aliphatic imine (C=N–C) groups is 1. The van der Waals surface area contributed by atoms with E-state index in [1.807, 2.05) is 6.07 Å². The van der Waals surface area contributed by atoms with Crippen molar-refractivity contribution in [3.63, 3.8) is 0 Å². The van der Waals surface area contributed by atoms with Gasteiger partial charge in [-0.2, -0.15) is 0 Å². The molecule has 3 rings (SSSR count). The lowest BCUT2D eigenvalue weighted by atomic mass is 10.1. The van der Waals surface area contributed by atoms with Gasteiger partial charge in [0.25, 0.3) is 0 Å². The summed E-state index contributed by atoms with van der Waals surface area (Å²) in [5.41, 5.74) is 1.32. The third kappa shape index (κ3) is 8.24. The Bertz CT molecular complexity index is 806. The van der Waals surface area contributed by atoms with Crippen LogP contribution in [-0.2, 0) is 24.1 Å². The fourth-order valence-electron chi connectivity index (χ4n) is 3.94. The number of nitrogens with one attached hydrogen (secondary N) is 2. The predicted octanol–water partition coefficient (Wildman–Crippen LogP) is 1.98. The summed E-state index contributed by atoms with van der Waals surface area (Å²) in [5.74, 6) is 2.50. The van der Waals surface area contributed by atoms with Crippen molar-refractivity contribution in [2.24, 2.45) is 10.9 Å². The number of hydrogen-bond donors (Lipinski definition) is 2. The SMILES string of the molecule is CCc1nncn1CCNC(=NCC1CN(CC(C)C)CCO1)NCCc1ccccc1. The quantitative estimate of drug-likeness (QED) is 0.410. The van der Waals surface area contributed by atoms with E-state index in [2.05, 4.69) is 75.3 Å². The minimum atomic E-state index is 0.139. The first-order valence-corrected chi connectivity index (χ1v) is 11.9. The molecule has 1 saturated heterocycles. The van der Waals surface area contributed by atoms with Crippen LogP contribution in [0.3, 0.4) is 0 Å². The Morgan fingerprint density at radius 1 is 1.22 bits per heavy atom. The number of aryl methyl sites for hydroxylation is 1. The van der Waals surface area contributed by atoms with Gasteiger partial charge in [0.05, 0.1) is 19.3 Å². The number of guanidine groups is 1. The highest BCUT2D eigenvalue weighted by Gasteiger charge is 2.20. The van der Waals surface area contributed by atoms with Crippen LogP contribution in [0.25, 0.3) is 0 Å². The first kappa shape index (κ1) is 24.2. The second-order valence-corrected chi connectivity index (χ2v) is 8.72. The molecule has 0 spiro atoms. The summed E-state index contributed by atoms with van der Waals surface area (Å²) < 4.78 is 8.07. The molecule has 176 valence electrons. The number of benzene rings is 1. The molecule has 8 nitrogen and oxygen atoms in total. The molecule has 0 aliphatic carbocycles. The number of rotatable bonds is 11. The molecule has 0 bridgehead atoms. The van der Waals surface area contributed by atoms with Crippen LogP contribution in [0.1, 0.15) is 32.2 Å². The van der Waals surface area contributed by atoms with E-state index < -0.39 is 0 Å². The molecular formula is C24H39N7O. The summed E-state index contributed by atoms with van der Waals surface area (Å²) in [6.07, 6.45) is 3.76. The number of nitrogens with zero attached hydrogens (tertiary/aromatic N) is 5. The molecule has 0 radical (unpaired) electrons. The van der Waals surface area contributed by atoms with Crippen LogP contribution in [0, 0.1) is 5.92 Å². The molecule has 1 aromatic carbocycles. The van der Waals surface area contributed by atoms with Gasteiger partial charge in [-0.05, 0) is 17.9 Å². The fraction of sp³-hybridized carbons (Fsp3) is 0.625. The number of ether oxygens (including phenoxy) is 1.